The molecule has 2 aromatic rings. The van der Waals surface area contributed by atoms with Crippen LogP contribution in [0.3, 0.4) is 0 Å². The summed E-state index contributed by atoms with van der Waals surface area (Å²) in [4.78, 5) is 1.09. The first-order chi connectivity index (χ1) is 9.15. The third-order valence-electron chi connectivity index (χ3n) is 2.66. The molecular weight excluding hydrogens is 278 g/mol. The fraction of sp³-hybridized carbons (Fsp3) is 0.333. The largest absolute Gasteiger partial charge is 0.468 e. The van der Waals surface area contributed by atoms with Gasteiger partial charge in [0.2, 0.25) is 0 Å². The fourth-order valence-electron chi connectivity index (χ4n) is 1.64. The minimum absolute atomic E-state index is 0.478. The number of furan rings is 1. The van der Waals surface area contributed by atoms with Crippen LogP contribution in [0.25, 0.3) is 0 Å². The van der Waals surface area contributed by atoms with Gasteiger partial charge in [-0.05, 0) is 29.8 Å². The highest BCUT2D eigenvalue weighted by molar-refractivity contribution is 7.98. The Morgan fingerprint density at radius 1 is 1.32 bits per heavy atom. The van der Waals surface area contributed by atoms with Crippen LogP contribution >= 0.6 is 23.4 Å². The number of hydrogen-bond acceptors (Lipinski definition) is 3. The van der Waals surface area contributed by atoms with Gasteiger partial charge in [0.05, 0.1) is 17.0 Å². The normalized spacial score (nSPS) is 11.2. The van der Waals surface area contributed by atoms with Crippen molar-refractivity contribution in [2.75, 3.05) is 0 Å². The van der Waals surface area contributed by atoms with Gasteiger partial charge in [0.1, 0.15) is 5.76 Å². The number of rotatable bonds is 6. The lowest BCUT2D eigenvalue weighted by atomic mass is 10.2. The Hall–Kier alpha value is -0.900. The van der Waals surface area contributed by atoms with E-state index < -0.39 is 0 Å². The Morgan fingerprint density at radius 2 is 2.16 bits per heavy atom. The second-order valence-electron chi connectivity index (χ2n) is 4.67. The lowest BCUT2D eigenvalue weighted by Gasteiger charge is -2.10. The van der Waals surface area contributed by atoms with E-state index in [4.69, 9.17) is 16.0 Å². The average molecular weight is 296 g/mol. The van der Waals surface area contributed by atoms with Gasteiger partial charge in [-0.25, -0.2) is 0 Å². The molecular formula is C15H18ClNOS. The van der Waals surface area contributed by atoms with Crippen molar-refractivity contribution in [2.24, 2.45) is 0 Å². The van der Waals surface area contributed by atoms with Gasteiger partial charge in [0.25, 0.3) is 0 Å². The van der Waals surface area contributed by atoms with Crippen molar-refractivity contribution < 1.29 is 4.42 Å². The zero-order chi connectivity index (χ0) is 13.7. The molecule has 0 atom stereocenters. The molecule has 0 aliphatic rings. The average Bonchev–Trinajstić information content (AvgIpc) is 2.88. The number of halogens is 1. The monoisotopic (exact) mass is 295 g/mol. The van der Waals surface area contributed by atoms with Crippen LogP contribution < -0.4 is 5.32 Å². The fourth-order valence-corrected chi connectivity index (χ4v) is 2.83. The predicted molar refractivity (Wildman–Crippen MR) is 81.7 cm³/mol. The summed E-state index contributed by atoms with van der Waals surface area (Å²) in [5.74, 6) is 1.77. The summed E-state index contributed by atoms with van der Waals surface area (Å²) in [7, 11) is 0. The highest BCUT2D eigenvalue weighted by Crippen LogP contribution is 2.30. The lowest BCUT2D eigenvalue weighted by Crippen LogP contribution is -2.21. The molecule has 4 heteroatoms. The van der Waals surface area contributed by atoms with Crippen molar-refractivity contribution in [3.05, 3.63) is 52.9 Å². The van der Waals surface area contributed by atoms with Gasteiger partial charge >= 0.3 is 0 Å². The number of thioether (sulfide) groups is 1. The molecule has 0 aliphatic carbocycles. The first-order valence-electron chi connectivity index (χ1n) is 6.32. The second-order valence-corrected chi connectivity index (χ2v) is 6.09. The van der Waals surface area contributed by atoms with Crippen molar-refractivity contribution in [3.8, 4) is 0 Å². The van der Waals surface area contributed by atoms with Crippen LogP contribution in [0.4, 0.5) is 0 Å². The molecule has 0 fully saturated rings. The molecule has 0 bridgehead atoms. The zero-order valence-electron chi connectivity index (χ0n) is 11.2. The van der Waals surface area contributed by atoms with Crippen LogP contribution in [-0.4, -0.2) is 6.04 Å². The maximum Gasteiger partial charge on any atom is 0.113 e. The van der Waals surface area contributed by atoms with Gasteiger partial charge in [-0.1, -0.05) is 31.5 Å². The Balaban J connectivity index is 1.94. The molecule has 0 aliphatic heterocycles. The number of nitrogens with one attached hydrogen (secondary N) is 1. The van der Waals surface area contributed by atoms with Gasteiger partial charge < -0.3 is 9.73 Å². The van der Waals surface area contributed by atoms with Gasteiger partial charge in [-0.15, -0.1) is 11.8 Å². The quantitative estimate of drug-likeness (QED) is 0.780. The predicted octanol–water partition coefficient (Wildman–Crippen LogP) is 4.72. The van der Waals surface area contributed by atoms with Crippen LogP contribution in [0.1, 0.15) is 25.2 Å². The highest BCUT2D eigenvalue weighted by Gasteiger charge is 2.05. The minimum Gasteiger partial charge on any atom is -0.468 e. The van der Waals surface area contributed by atoms with Crippen molar-refractivity contribution in [1.29, 1.82) is 0 Å². The third kappa shape index (κ3) is 4.60. The molecule has 1 N–H and O–H groups in total. The molecule has 0 unspecified atom stereocenters. The summed E-state index contributed by atoms with van der Waals surface area (Å²) in [6.45, 7) is 5.12. The van der Waals surface area contributed by atoms with Gasteiger partial charge in [0, 0.05) is 17.5 Å². The van der Waals surface area contributed by atoms with E-state index in [0.29, 0.717) is 6.04 Å². The zero-order valence-corrected chi connectivity index (χ0v) is 12.7. The Labute approximate surface area is 123 Å². The molecule has 1 aromatic carbocycles. The number of hydrogen-bond donors (Lipinski definition) is 1. The van der Waals surface area contributed by atoms with E-state index in [-0.39, 0.29) is 0 Å². The smallest absolute Gasteiger partial charge is 0.113 e. The highest BCUT2D eigenvalue weighted by atomic mass is 35.5. The van der Waals surface area contributed by atoms with E-state index in [1.807, 2.05) is 18.2 Å². The van der Waals surface area contributed by atoms with Crippen molar-refractivity contribution in [1.82, 2.24) is 5.32 Å². The summed E-state index contributed by atoms with van der Waals surface area (Å²) in [6, 6.07) is 10.6. The van der Waals surface area contributed by atoms with Gasteiger partial charge in [-0.2, -0.15) is 0 Å². The molecule has 1 heterocycles. The molecule has 0 saturated carbocycles. The summed E-state index contributed by atoms with van der Waals surface area (Å²) in [5.41, 5.74) is 1.21. The van der Waals surface area contributed by atoms with Gasteiger partial charge in [0.15, 0.2) is 0 Å². The Morgan fingerprint density at radius 3 is 2.79 bits per heavy atom. The summed E-state index contributed by atoms with van der Waals surface area (Å²) < 4.78 is 5.31. The van der Waals surface area contributed by atoms with Crippen LogP contribution in [0.2, 0.25) is 5.02 Å². The SMILES string of the molecule is CC(C)NCc1ccc(SCc2ccco2)c(Cl)c1. The lowest BCUT2D eigenvalue weighted by molar-refractivity contribution is 0.530. The molecule has 0 amide bonds. The van der Waals surface area contributed by atoms with E-state index >= 15 is 0 Å². The Bertz CT molecular complexity index is 511. The second kappa shape index (κ2) is 7.04. The molecule has 2 rings (SSSR count). The van der Waals surface area contributed by atoms with Crippen molar-refractivity contribution in [2.45, 2.75) is 37.1 Å². The molecule has 2 nitrogen and oxygen atoms in total. The number of benzene rings is 1. The van der Waals surface area contributed by atoms with E-state index in [0.717, 1.165) is 28.0 Å². The van der Waals surface area contributed by atoms with E-state index in [1.54, 1.807) is 18.0 Å². The standard InChI is InChI=1S/C15H18ClNOS/c1-11(2)17-9-12-5-6-15(14(16)8-12)19-10-13-4-3-7-18-13/h3-8,11,17H,9-10H2,1-2H3. The summed E-state index contributed by atoms with van der Waals surface area (Å²) in [6.07, 6.45) is 1.69. The van der Waals surface area contributed by atoms with E-state index in [2.05, 4.69) is 31.3 Å². The van der Waals surface area contributed by atoms with Crippen molar-refractivity contribution in [3.63, 3.8) is 0 Å². The first kappa shape index (κ1) is 14.5. The van der Waals surface area contributed by atoms with E-state index in [9.17, 15) is 0 Å². The molecule has 19 heavy (non-hydrogen) atoms. The van der Waals surface area contributed by atoms with E-state index in [1.165, 1.54) is 5.56 Å². The summed E-state index contributed by atoms with van der Waals surface area (Å²) >= 11 is 8.00. The van der Waals surface area contributed by atoms with Crippen LogP contribution in [0.15, 0.2) is 45.9 Å². The van der Waals surface area contributed by atoms with Crippen molar-refractivity contribution >= 4 is 23.4 Å². The van der Waals surface area contributed by atoms with Gasteiger partial charge in [-0.3, -0.25) is 0 Å². The molecule has 1 aromatic heterocycles. The molecule has 0 spiro atoms. The van der Waals surface area contributed by atoms with Crippen LogP contribution in [0.5, 0.6) is 0 Å². The molecule has 0 radical (unpaired) electrons. The third-order valence-corrected chi connectivity index (χ3v) is 4.18. The topological polar surface area (TPSA) is 25.2 Å². The van der Waals surface area contributed by atoms with Crippen LogP contribution in [-0.2, 0) is 12.3 Å². The maximum absolute atomic E-state index is 6.31. The summed E-state index contributed by atoms with van der Waals surface area (Å²) in [5, 5.41) is 4.19. The minimum atomic E-state index is 0.478. The molecule has 0 saturated heterocycles. The Kier molecular flexibility index (Phi) is 5.37. The maximum atomic E-state index is 6.31. The first-order valence-corrected chi connectivity index (χ1v) is 7.68. The van der Waals surface area contributed by atoms with Crippen LogP contribution in [0, 0.1) is 0 Å². The molecule has 102 valence electrons.